The normalized spacial score (nSPS) is 17.1. The molecule has 2 aromatic heterocycles. The number of halogens is 1. The van der Waals surface area contributed by atoms with Gasteiger partial charge in [-0.1, -0.05) is 11.6 Å². The van der Waals surface area contributed by atoms with Gasteiger partial charge in [0.15, 0.2) is 0 Å². The standard InChI is InChI=1S/C18H14ClN3O/c19-14-1-3-15(4-2-14)22-16(13-6-8-21-18(23)10-13)9-12-5-7-20-11-17(12)22/h1-11,18,21,23H. The Hall–Kier alpha value is -2.56. The van der Waals surface area contributed by atoms with Crippen LogP contribution in [-0.4, -0.2) is 20.9 Å². The fraction of sp³-hybridized carbons (Fsp3) is 0.0556. The van der Waals surface area contributed by atoms with E-state index in [2.05, 4.69) is 20.9 Å². The van der Waals surface area contributed by atoms with Crippen LogP contribution in [0.15, 0.2) is 67.1 Å². The van der Waals surface area contributed by atoms with Crippen molar-refractivity contribution in [2.75, 3.05) is 0 Å². The molecule has 5 heteroatoms. The SMILES string of the molecule is OC1C=C(c2cc3ccncc3n2-c2ccc(Cl)cc2)C=CN1. The average Bonchev–Trinajstić information content (AvgIpc) is 2.95. The van der Waals surface area contributed by atoms with E-state index >= 15 is 0 Å². The van der Waals surface area contributed by atoms with E-state index in [1.54, 1.807) is 18.5 Å². The van der Waals surface area contributed by atoms with Crippen LogP contribution >= 0.6 is 11.6 Å². The lowest BCUT2D eigenvalue weighted by atomic mass is 10.1. The first-order chi connectivity index (χ1) is 11.2. The number of rotatable bonds is 2. The van der Waals surface area contributed by atoms with Gasteiger partial charge in [0.25, 0.3) is 0 Å². The number of benzene rings is 1. The molecule has 0 aliphatic carbocycles. The van der Waals surface area contributed by atoms with E-state index in [1.807, 2.05) is 42.6 Å². The molecule has 3 aromatic rings. The predicted octanol–water partition coefficient (Wildman–Crippen LogP) is 3.50. The van der Waals surface area contributed by atoms with Crippen molar-refractivity contribution in [1.82, 2.24) is 14.9 Å². The van der Waals surface area contributed by atoms with Crippen molar-refractivity contribution < 1.29 is 5.11 Å². The number of hydrogen-bond acceptors (Lipinski definition) is 3. The highest BCUT2D eigenvalue weighted by Crippen LogP contribution is 2.30. The van der Waals surface area contributed by atoms with Crippen molar-refractivity contribution in [1.29, 1.82) is 0 Å². The Labute approximate surface area is 138 Å². The Morgan fingerprint density at radius 1 is 1.17 bits per heavy atom. The van der Waals surface area contributed by atoms with Crippen LogP contribution < -0.4 is 5.32 Å². The zero-order chi connectivity index (χ0) is 15.8. The number of aliphatic hydroxyl groups excluding tert-OH is 1. The first-order valence-electron chi connectivity index (χ1n) is 7.27. The van der Waals surface area contributed by atoms with Crippen molar-refractivity contribution in [2.24, 2.45) is 0 Å². The van der Waals surface area contributed by atoms with Crippen LogP contribution in [0.4, 0.5) is 0 Å². The third kappa shape index (κ3) is 2.52. The summed E-state index contributed by atoms with van der Waals surface area (Å²) in [6.07, 6.45) is 8.41. The van der Waals surface area contributed by atoms with Gasteiger partial charge in [-0.15, -0.1) is 0 Å². The molecule has 23 heavy (non-hydrogen) atoms. The predicted molar refractivity (Wildman–Crippen MR) is 92.3 cm³/mol. The fourth-order valence-electron chi connectivity index (χ4n) is 2.81. The number of nitrogens with one attached hydrogen (secondary N) is 1. The molecule has 114 valence electrons. The highest BCUT2D eigenvalue weighted by molar-refractivity contribution is 6.30. The van der Waals surface area contributed by atoms with E-state index in [1.165, 1.54) is 0 Å². The van der Waals surface area contributed by atoms with Crippen LogP contribution in [-0.2, 0) is 0 Å². The zero-order valence-electron chi connectivity index (χ0n) is 12.1. The van der Waals surface area contributed by atoms with Crippen molar-refractivity contribution in [3.63, 3.8) is 0 Å². The van der Waals surface area contributed by atoms with Gasteiger partial charge >= 0.3 is 0 Å². The third-order valence-electron chi connectivity index (χ3n) is 3.85. The Bertz CT molecular complexity index is 925. The second-order valence-electron chi connectivity index (χ2n) is 5.34. The van der Waals surface area contributed by atoms with Gasteiger partial charge in [0, 0.05) is 27.9 Å². The minimum Gasteiger partial charge on any atom is -0.370 e. The molecule has 0 bridgehead atoms. The smallest absolute Gasteiger partial charge is 0.144 e. The molecule has 4 rings (SSSR count). The highest BCUT2D eigenvalue weighted by Gasteiger charge is 2.15. The number of aliphatic hydroxyl groups is 1. The summed E-state index contributed by atoms with van der Waals surface area (Å²) in [5.74, 6) is 0. The molecule has 2 N–H and O–H groups in total. The Kier molecular flexibility index (Phi) is 3.41. The maximum atomic E-state index is 9.84. The summed E-state index contributed by atoms with van der Waals surface area (Å²) in [6.45, 7) is 0. The Morgan fingerprint density at radius 2 is 2.00 bits per heavy atom. The van der Waals surface area contributed by atoms with Gasteiger partial charge in [0.05, 0.1) is 17.4 Å². The Morgan fingerprint density at radius 3 is 2.78 bits per heavy atom. The van der Waals surface area contributed by atoms with Crippen LogP contribution in [0, 0.1) is 0 Å². The van der Waals surface area contributed by atoms with E-state index in [-0.39, 0.29) is 0 Å². The molecule has 0 amide bonds. The molecule has 0 radical (unpaired) electrons. The van der Waals surface area contributed by atoms with Gasteiger partial charge in [-0.05, 0) is 54.8 Å². The topological polar surface area (TPSA) is 50.1 Å². The summed E-state index contributed by atoms with van der Waals surface area (Å²) in [4.78, 5) is 4.24. The summed E-state index contributed by atoms with van der Waals surface area (Å²) < 4.78 is 2.12. The summed E-state index contributed by atoms with van der Waals surface area (Å²) in [5.41, 5.74) is 3.94. The number of allylic oxidation sites excluding steroid dienone is 2. The third-order valence-corrected chi connectivity index (χ3v) is 4.11. The van der Waals surface area contributed by atoms with Gasteiger partial charge < -0.3 is 15.0 Å². The molecule has 1 aliphatic heterocycles. The van der Waals surface area contributed by atoms with Crippen LogP contribution in [0.5, 0.6) is 0 Å². The lowest BCUT2D eigenvalue weighted by molar-refractivity contribution is 0.201. The zero-order valence-corrected chi connectivity index (χ0v) is 12.9. The molecule has 1 unspecified atom stereocenters. The van der Waals surface area contributed by atoms with Crippen LogP contribution in [0.3, 0.4) is 0 Å². The first-order valence-corrected chi connectivity index (χ1v) is 7.64. The summed E-state index contributed by atoms with van der Waals surface area (Å²) >= 11 is 6.01. The second-order valence-corrected chi connectivity index (χ2v) is 5.78. The average molecular weight is 324 g/mol. The van der Waals surface area contributed by atoms with Crippen molar-refractivity contribution in [3.8, 4) is 5.69 Å². The van der Waals surface area contributed by atoms with Gasteiger partial charge in [-0.25, -0.2) is 0 Å². The molecule has 0 spiro atoms. The summed E-state index contributed by atoms with van der Waals surface area (Å²) in [5, 5.41) is 14.5. The molecule has 0 saturated carbocycles. The Balaban J connectivity index is 1.99. The number of pyridine rings is 1. The minimum atomic E-state index is -0.690. The largest absolute Gasteiger partial charge is 0.370 e. The van der Waals surface area contributed by atoms with Crippen LogP contribution in [0.25, 0.3) is 22.2 Å². The molecule has 3 heterocycles. The van der Waals surface area contributed by atoms with Gasteiger partial charge in [0.2, 0.25) is 0 Å². The first kappa shape index (κ1) is 14.1. The fourth-order valence-corrected chi connectivity index (χ4v) is 2.94. The molecular formula is C18H14ClN3O. The number of fused-ring (bicyclic) bond motifs is 1. The van der Waals surface area contributed by atoms with Gasteiger partial charge in [-0.3, -0.25) is 4.98 Å². The molecule has 0 fully saturated rings. The van der Waals surface area contributed by atoms with Crippen LogP contribution in [0.2, 0.25) is 5.02 Å². The molecule has 1 aliphatic rings. The van der Waals surface area contributed by atoms with Crippen molar-refractivity contribution >= 4 is 28.1 Å². The van der Waals surface area contributed by atoms with Gasteiger partial charge in [0.1, 0.15) is 6.23 Å². The van der Waals surface area contributed by atoms with Crippen molar-refractivity contribution in [2.45, 2.75) is 6.23 Å². The number of hydrogen-bond donors (Lipinski definition) is 2. The molecule has 4 nitrogen and oxygen atoms in total. The van der Waals surface area contributed by atoms with Gasteiger partial charge in [-0.2, -0.15) is 0 Å². The van der Waals surface area contributed by atoms with E-state index in [4.69, 9.17) is 11.6 Å². The van der Waals surface area contributed by atoms with E-state index in [9.17, 15) is 5.11 Å². The molecule has 1 atom stereocenters. The summed E-state index contributed by atoms with van der Waals surface area (Å²) in [7, 11) is 0. The monoisotopic (exact) mass is 323 g/mol. The quantitative estimate of drug-likeness (QED) is 0.759. The van der Waals surface area contributed by atoms with E-state index in [0.717, 1.165) is 27.9 Å². The van der Waals surface area contributed by atoms with Crippen molar-refractivity contribution in [3.05, 3.63) is 77.9 Å². The number of dihydropyridines is 1. The maximum absolute atomic E-state index is 9.84. The molecular weight excluding hydrogens is 310 g/mol. The second kappa shape index (κ2) is 5.57. The molecule has 0 saturated heterocycles. The maximum Gasteiger partial charge on any atom is 0.144 e. The van der Waals surface area contributed by atoms with E-state index < -0.39 is 6.23 Å². The number of nitrogens with zero attached hydrogens (tertiary/aromatic N) is 2. The molecule has 1 aromatic carbocycles. The minimum absolute atomic E-state index is 0.690. The summed E-state index contributed by atoms with van der Waals surface area (Å²) in [6, 6.07) is 11.8. The highest BCUT2D eigenvalue weighted by atomic mass is 35.5. The van der Waals surface area contributed by atoms with Crippen LogP contribution in [0.1, 0.15) is 5.69 Å². The lowest BCUT2D eigenvalue weighted by Gasteiger charge is -2.16. The van der Waals surface area contributed by atoms with E-state index in [0.29, 0.717) is 5.02 Å². The number of aromatic nitrogens is 2. The lowest BCUT2D eigenvalue weighted by Crippen LogP contribution is -2.23.